The predicted octanol–water partition coefficient (Wildman–Crippen LogP) is 5.18. The van der Waals surface area contributed by atoms with E-state index >= 15 is 0 Å². The Morgan fingerprint density at radius 3 is 2.73 bits per heavy atom. The third-order valence-corrected chi connectivity index (χ3v) is 6.57. The molecule has 2 atom stereocenters. The first-order valence-electron chi connectivity index (χ1n) is 10.6. The van der Waals surface area contributed by atoms with Crippen molar-refractivity contribution in [2.45, 2.75) is 43.8 Å². The fourth-order valence-electron chi connectivity index (χ4n) is 4.77. The minimum absolute atomic E-state index is 0.0159. The lowest BCUT2D eigenvalue weighted by Crippen LogP contribution is -2.29. The molecule has 0 spiro atoms. The number of benzene rings is 1. The van der Waals surface area contributed by atoms with Crippen LogP contribution < -0.4 is 15.0 Å². The van der Waals surface area contributed by atoms with Gasteiger partial charge < -0.3 is 19.5 Å². The Labute approximate surface area is 182 Å². The highest BCUT2D eigenvalue weighted by atomic mass is 32.1. The second-order valence-electron chi connectivity index (χ2n) is 8.03. The van der Waals surface area contributed by atoms with E-state index in [9.17, 15) is 0 Å². The molecule has 2 aromatic heterocycles. The highest BCUT2D eigenvalue weighted by Gasteiger charge is 2.41. The molecule has 6 heteroatoms. The van der Waals surface area contributed by atoms with Gasteiger partial charge in [-0.15, -0.1) is 0 Å². The topological polar surface area (TPSA) is 42.3 Å². The molecule has 30 heavy (non-hydrogen) atoms. The summed E-state index contributed by atoms with van der Waals surface area (Å²) in [6.07, 6.45) is 11.5. The summed E-state index contributed by atoms with van der Waals surface area (Å²) >= 11 is 5.81. The van der Waals surface area contributed by atoms with Gasteiger partial charge >= 0.3 is 0 Å². The van der Waals surface area contributed by atoms with Gasteiger partial charge in [-0.25, -0.2) is 0 Å². The first kappa shape index (κ1) is 19.1. The van der Waals surface area contributed by atoms with Crippen molar-refractivity contribution in [2.75, 3.05) is 12.0 Å². The van der Waals surface area contributed by atoms with E-state index in [4.69, 9.17) is 17.0 Å². The Bertz CT molecular complexity index is 1030. The summed E-state index contributed by atoms with van der Waals surface area (Å²) < 4.78 is 7.86. The van der Waals surface area contributed by atoms with E-state index in [1.807, 2.05) is 36.5 Å². The lowest BCUT2D eigenvalue weighted by atomic mass is 9.98. The molecule has 1 saturated heterocycles. The van der Waals surface area contributed by atoms with Crippen LogP contribution in [0.2, 0.25) is 0 Å². The van der Waals surface area contributed by atoms with E-state index in [-0.39, 0.29) is 12.1 Å². The quantitative estimate of drug-likeness (QED) is 0.578. The smallest absolute Gasteiger partial charge is 0.174 e. The molecular weight excluding hydrogens is 392 g/mol. The summed E-state index contributed by atoms with van der Waals surface area (Å²) in [5, 5.41) is 4.23. The molecule has 5 rings (SSSR count). The van der Waals surface area contributed by atoms with Crippen LogP contribution in [0.1, 0.15) is 55.1 Å². The number of nitrogens with one attached hydrogen (secondary N) is 1. The first-order valence-corrected chi connectivity index (χ1v) is 11.0. The minimum Gasteiger partial charge on any atom is -0.497 e. The van der Waals surface area contributed by atoms with Crippen molar-refractivity contribution in [1.82, 2.24) is 14.9 Å². The van der Waals surface area contributed by atoms with Crippen LogP contribution >= 0.6 is 12.2 Å². The zero-order valence-corrected chi connectivity index (χ0v) is 17.9. The molecule has 0 amide bonds. The van der Waals surface area contributed by atoms with Gasteiger partial charge in [-0.3, -0.25) is 4.98 Å². The van der Waals surface area contributed by atoms with E-state index in [1.54, 1.807) is 7.11 Å². The average molecular weight is 419 g/mol. The van der Waals surface area contributed by atoms with Crippen LogP contribution in [0.4, 0.5) is 5.69 Å². The Morgan fingerprint density at radius 2 is 1.97 bits per heavy atom. The van der Waals surface area contributed by atoms with Gasteiger partial charge in [-0.05, 0) is 61.0 Å². The first-order chi connectivity index (χ1) is 14.7. The van der Waals surface area contributed by atoms with E-state index < -0.39 is 0 Å². The molecule has 0 radical (unpaired) electrons. The zero-order valence-electron chi connectivity index (χ0n) is 17.1. The maximum absolute atomic E-state index is 5.81. The Morgan fingerprint density at radius 1 is 1.10 bits per heavy atom. The second kappa shape index (κ2) is 8.11. The number of hydrogen-bond donors (Lipinski definition) is 1. The number of thiocarbonyl (C=S) groups is 1. The molecule has 1 aliphatic carbocycles. The van der Waals surface area contributed by atoms with Gasteiger partial charge in [0.25, 0.3) is 0 Å². The fourth-order valence-corrected chi connectivity index (χ4v) is 5.11. The SMILES string of the molecule is COc1cccc(N2C(=S)NC(c3ccccn3)C2c2ccn(C3CCCC3)c2)c1. The summed E-state index contributed by atoms with van der Waals surface area (Å²) in [6.45, 7) is 0. The molecule has 2 unspecified atom stereocenters. The van der Waals surface area contributed by atoms with Crippen molar-refractivity contribution in [3.05, 3.63) is 78.4 Å². The molecule has 5 nitrogen and oxygen atoms in total. The van der Waals surface area contributed by atoms with Crippen LogP contribution in [0.3, 0.4) is 0 Å². The van der Waals surface area contributed by atoms with Crippen molar-refractivity contribution in [2.24, 2.45) is 0 Å². The highest BCUT2D eigenvalue weighted by Crippen LogP contribution is 2.43. The molecule has 154 valence electrons. The molecule has 1 aromatic carbocycles. The molecule has 2 fully saturated rings. The Hall–Kier alpha value is -2.86. The highest BCUT2D eigenvalue weighted by molar-refractivity contribution is 7.80. The van der Waals surface area contributed by atoms with Gasteiger partial charge in [0, 0.05) is 36.4 Å². The van der Waals surface area contributed by atoms with Crippen molar-refractivity contribution in [3.8, 4) is 5.75 Å². The molecule has 2 aliphatic rings. The molecule has 3 heterocycles. The molecule has 1 aliphatic heterocycles. The lowest BCUT2D eigenvalue weighted by Gasteiger charge is -2.27. The van der Waals surface area contributed by atoms with Gasteiger partial charge in [0.2, 0.25) is 0 Å². The summed E-state index contributed by atoms with van der Waals surface area (Å²) in [7, 11) is 1.69. The predicted molar refractivity (Wildman–Crippen MR) is 123 cm³/mol. The monoisotopic (exact) mass is 418 g/mol. The van der Waals surface area contributed by atoms with Gasteiger partial charge in [0.15, 0.2) is 5.11 Å². The normalized spacial score (nSPS) is 21.8. The number of aromatic nitrogens is 2. The standard InChI is InChI=1S/C24H26N4OS/c1-29-20-10-6-9-19(15-20)28-23(17-12-14-27(16-17)18-7-2-3-8-18)22(26-24(28)30)21-11-4-5-13-25-21/h4-6,9-16,18,22-23H,2-3,7-8H2,1H3,(H,26,30). The summed E-state index contributed by atoms with van der Waals surface area (Å²) in [4.78, 5) is 6.84. The van der Waals surface area contributed by atoms with Gasteiger partial charge in [0.1, 0.15) is 5.75 Å². The zero-order chi connectivity index (χ0) is 20.5. The number of hydrogen-bond acceptors (Lipinski definition) is 3. The van der Waals surface area contributed by atoms with Gasteiger partial charge in [-0.2, -0.15) is 0 Å². The number of rotatable bonds is 5. The minimum atomic E-state index is -0.0238. The Kier molecular flexibility index (Phi) is 5.17. The van der Waals surface area contributed by atoms with E-state index in [2.05, 4.69) is 50.4 Å². The summed E-state index contributed by atoms with van der Waals surface area (Å²) in [6, 6.07) is 17.0. The van der Waals surface area contributed by atoms with E-state index in [1.165, 1.54) is 31.2 Å². The lowest BCUT2D eigenvalue weighted by molar-refractivity contribution is 0.415. The molecule has 3 aromatic rings. The largest absolute Gasteiger partial charge is 0.497 e. The molecular formula is C24H26N4OS. The van der Waals surface area contributed by atoms with Crippen molar-refractivity contribution >= 4 is 23.0 Å². The maximum Gasteiger partial charge on any atom is 0.174 e. The third-order valence-electron chi connectivity index (χ3n) is 6.25. The van der Waals surface area contributed by atoms with E-state index in [0.717, 1.165) is 17.1 Å². The van der Waals surface area contributed by atoms with Crippen LogP contribution in [0.5, 0.6) is 5.75 Å². The van der Waals surface area contributed by atoms with Gasteiger partial charge in [-0.1, -0.05) is 25.0 Å². The van der Waals surface area contributed by atoms with Crippen LogP contribution in [-0.2, 0) is 0 Å². The van der Waals surface area contributed by atoms with Crippen LogP contribution in [0.15, 0.2) is 67.1 Å². The molecule has 0 bridgehead atoms. The van der Waals surface area contributed by atoms with Crippen LogP contribution in [-0.4, -0.2) is 21.8 Å². The molecule has 1 N–H and O–H groups in total. The van der Waals surface area contributed by atoms with E-state index in [0.29, 0.717) is 11.2 Å². The Balaban J connectivity index is 1.57. The summed E-state index contributed by atoms with van der Waals surface area (Å²) in [5.74, 6) is 0.818. The van der Waals surface area contributed by atoms with Crippen molar-refractivity contribution < 1.29 is 4.74 Å². The third kappa shape index (κ3) is 3.45. The molecule has 1 saturated carbocycles. The van der Waals surface area contributed by atoms with Crippen LogP contribution in [0.25, 0.3) is 0 Å². The van der Waals surface area contributed by atoms with Crippen molar-refractivity contribution in [3.63, 3.8) is 0 Å². The average Bonchev–Trinajstić information content (AvgIpc) is 3.53. The number of methoxy groups -OCH3 is 1. The maximum atomic E-state index is 5.81. The number of nitrogens with zero attached hydrogens (tertiary/aromatic N) is 3. The number of pyridine rings is 1. The second-order valence-corrected chi connectivity index (χ2v) is 8.42. The number of anilines is 1. The van der Waals surface area contributed by atoms with Crippen LogP contribution in [0, 0.1) is 0 Å². The number of ether oxygens (including phenoxy) is 1. The van der Waals surface area contributed by atoms with Gasteiger partial charge in [0.05, 0.1) is 24.9 Å². The fraction of sp³-hybridized carbons (Fsp3) is 0.333. The van der Waals surface area contributed by atoms with Crippen molar-refractivity contribution in [1.29, 1.82) is 0 Å². The summed E-state index contributed by atoms with van der Waals surface area (Å²) in [5.41, 5.74) is 3.25.